The Morgan fingerprint density at radius 2 is 1.91 bits per heavy atom. The van der Waals surface area contributed by atoms with E-state index in [1.807, 2.05) is 13.8 Å². The first-order valence-electron chi connectivity index (χ1n) is 8.22. The molecule has 4 nitrogen and oxygen atoms in total. The van der Waals surface area contributed by atoms with Gasteiger partial charge in [0.1, 0.15) is 0 Å². The second-order valence-corrected chi connectivity index (χ2v) is 9.63. The molecule has 1 aromatic rings. The third-order valence-corrected chi connectivity index (χ3v) is 6.19. The van der Waals surface area contributed by atoms with E-state index < -0.39 is 9.84 Å². The van der Waals surface area contributed by atoms with E-state index in [0.717, 1.165) is 6.42 Å². The molecule has 1 N–H and O–H groups in total. The van der Waals surface area contributed by atoms with E-state index in [-0.39, 0.29) is 28.9 Å². The van der Waals surface area contributed by atoms with Crippen molar-refractivity contribution in [2.45, 2.75) is 52.0 Å². The van der Waals surface area contributed by atoms with Crippen molar-refractivity contribution < 1.29 is 13.2 Å². The molecule has 1 fully saturated rings. The van der Waals surface area contributed by atoms with Crippen molar-refractivity contribution in [1.29, 1.82) is 0 Å². The van der Waals surface area contributed by atoms with E-state index in [0.29, 0.717) is 19.3 Å². The Morgan fingerprint density at radius 3 is 2.48 bits per heavy atom. The number of aryl methyl sites for hydroxylation is 1. The van der Waals surface area contributed by atoms with Crippen molar-refractivity contribution >= 4 is 15.7 Å². The molecule has 1 saturated heterocycles. The Labute approximate surface area is 139 Å². The van der Waals surface area contributed by atoms with Gasteiger partial charge >= 0.3 is 0 Å². The minimum absolute atomic E-state index is 0.00593. The quantitative estimate of drug-likeness (QED) is 0.868. The topological polar surface area (TPSA) is 63.2 Å². The second kappa shape index (κ2) is 7.04. The summed E-state index contributed by atoms with van der Waals surface area (Å²) in [6, 6.07) is 8.33. The van der Waals surface area contributed by atoms with Crippen LogP contribution in [0.3, 0.4) is 0 Å². The van der Waals surface area contributed by atoms with E-state index >= 15 is 0 Å². The van der Waals surface area contributed by atoms with Gasteiger partial charge in [-0.1, -0.05) is 29.8 Å². The smallest absolute Gasteiger partial charge is 0.220 e. The monoisotopic (exact) mass is 337 g/mol. The first-order chi connectivity index (χ1) is 10.7. The van der Waals surface area contributed by atoms with Gasteiger partial charge in [0.15, 0.2) is 9.84 Å². The Bertz CT molecular complexity index is 647. The van der Waals surface area contributed by atoms with Crippen molar-refractivity contribution in [3.63, 3.8) is 0 Å². The highest BCUT2D eigenvalue weighted by molar-refractivity contribution is 7.91. The number of rotatable bonds is 6. The molecular formula is C18H27NO3S. The maximum absolute atomic E-state index is 12.2. The molecule has 1 aliphatic rings. The number of sulfone groups is 1. The zero-order chi connectivity index (χ0) is 17.1. The number of hydrogen-bond donors (Lipinski definition) is 1. The van der Waals surface area contributed by atoms with Gasteiger partial charge in [-0.25, -0.2) is 8.42 Å². The van der Waals surface area contributed by atoms with Crippen LogP contribution < -0.4 is 5.32 Å². The molecule has 0 saturated carbocycles. The van der Waals surface area contributed by atoms with E-state index in [9.17, 15) is 13.2 Å². The predicted molar refractivity (Wildman–Crippen MR) is 93.1 cm³/mol. The number of nitrogens with one attached hydrogen (secondary N) is 1. The Balaban J connectivity index is 1.80. The average Bonchev–Trinajstić information content (AvgIpc) is 2.78. The van der Waals surface area contributed by atoms with Gasteiger partial charge in [0.2, 0.25) is 5.91 Å². The second-order valence-electron chi connectivity index (χ2n) is 7.40. The van der Waals surface area contributed by atoms with Crippen LogP contribution in [0.15, 0.2) is 24.3 Å². The van der Waals surface area contributed by atoms with Gasteiger partial charge in [0, 0.05) is 12.0 Å². The molecule has 1 aliphatic heterocycles. The van der Waals surface area contributed by atoms with Gasteiger partial charge in [-0.2, -0.15) is 0 Å². The molecule has 128 valence electrons. The SMILES string of the molecule is Cc1ccc(CC(C)(C)NC(=O)CCC2CCS(=O)(=O)C2)cc1. The van der Waals surface area contributed by atoms with Crippen LogP contribution in [0.2, 0.25) is 0 Å². The van der Waals surface area contributed by atoms with E-state index in [1.54, 1.807) is 0 Å². The fourth-order valence-corrected chi connectivity index (χ4v) is 5.05. The molecule has 23 heavy (non-hydrogen) atoms. The van der Waals surface area contributed by atoms with Crippen LogP contribution in [0.4, 0.5) is 0 Å². The van der Waals surface area contributed by atoms with Gasteiger partial charge < -0.3 is 5.32 Å². The van der Waals surface area contributed by atoms with Crippen molar-refractivity contribution in [2.24, 2.45) is 5.92 Å². The van der Waals surface area contributed by atoms with Gasteiger partial charge in [0.25, 0.3) is 0 Å². The summed E-state index contributed by atoms with van der Waals surface area (Å²) in [5.74, 6) is 0.669. The molecule has 0 radical (unpaired) electrons. The largest absolute Gasteiger partial charge is 0.351 e. The van der Waals surface area contributed by atoms with Crippen LogP contribution in [0.5, 0.6) is 0 Å². The van der Waals surface area contributed by atoms with Crippen LogP contribution in [-0.2, 0) is 21.1 Å². The van der Waals surface area contributed by atoms with Gasteiger partial charge in [-0.3, -0.25) is 4.79 Å². The maximum atomic E-state index is 12.2. The molecule has 1 aromatic carbocycles. The highest BCUT2D eigenvalue weighted by Crippen LogP contribution is 2.23. The molecule has 2 rings (SSSR count). The van der Waals surface area contributed by atoms with Crippen LogP contribution >= 0.6 is 0 Å². The molecule has 1 unspecified atom stereocenters. The zero-order valence-corrected chi connectivity index (χ0v) is 15.1. The lowest BCUT2D eigenvalue weighted by molar-refractivity contribution is -0.122. The number of amides is 1. The fraction of sp³-hybridized carbons (Fsp3) is 0.611. The molecule has 0 spiro atoms. The van der Waals surface area contributed by atoms with E-state index in [1.165, 1.54) is 11.1 Å². The summed E-state index contributed by atoms with van der Waals surface area (Å²) in [5.41, 5.74) is 2.11. The first-order valence-corrected chi connectivity index (χ1v) is 10.0. The van der Waals surface area contributed by atoms with Crippen LogP contribution in [-0.4, -0.2) is 31.4 Å². The summed E-state index contributed by atoms with van der Waals surface area (Å²) >= 11 is 0. The highest BCUT2D eigenvalue weighted by Gasteiger charge is 2.28. The van der Waals surface area contributed by atoms with Crippen LogP contribution in [0.25, 0.3) is 0 Å². The first kappa shape index (κ1) is 18.0. The summed E-state index contributed by atoms with van der Waals surface area (Å²) < 4.78 is 22.9. The van der Waals surface area contributed by atoms with Crippen molar-refractivity contribution in [1.82, 2.24) is 5.32 Å². The lowest BCUT2D eigenvalue weighted by atomic mass is 9.93. The molecule has 1 atom stereocenters. The van der Waals surface area contributed by atoms with Gasteiger partial charge in [-0.15, -0.1) is 0 Å². The predicted octanol–water partition coefficient (Wildman–Crippen LogP) is 2.65. The normalized spacial score (nSPS) is 20.4. The van der Waals surface area contributed by atoms with E-state index in [2.05, 4.69) is 36.5 Å². The van der Waals surface area contributed by atoms with Crippen molar-refractivity contribution in [3.05, 3.63) is 35.4 Å². The van der Waals surface area contributed by atoms with Gasteiger partial charge in [-0.05, 0) is 51.5 Å². The number of carbonyl (C=O) groups is 1. The number of hydrogen-bond acceptors (Lipinski definition) is 3. The summed E-state index contributed by atoms with van der Waals surface area (Å²) in [6.07, 6.45) is 2.53. The molecule has 5 heteroatoms. The highest BCUT2D eigenvalue weighted by atomic mass is 32.2. The number of benzene rings is 1. The van der Waals surface area contributed by atoms with Crippen molar-refractivity contribution in [2.75, 3.05) is 11.5 Å². The standard InChI is InChI=1S/C18H27NO3S/c1-14-4-6-15(7-5-14)12-18(2,3)19-17(20)9-8-16-10-11-23(21,22)13-16/h4-7,16H,8-13H2,1-3H3,(H,19,20). The van der Waals surface area contributed by atoms with Crippen LogP contribution in [0.1, 0.15) is 44.2 Å². The molecular weight excluding hydrogens is 310 g/mol. The summed E-state index contributed by atoms with van der Waals surface area (Å²) in [5, 5.41) is 3.08. The van der Waals surface area contributed by atoms with E-state index in [4.69, 9.17) is 0 Å². The summed E-state index contributed by atoms with van der Waals surface area (Å²) in [4.78, 5) is 12.2. The summed E-state index contributed by atoms with van der Waals surface area (Å²) in [7, 11) is -2.85. The lowest BCUT2D eigenvalue weighted by Crippen LogP contribution is -2.45. The van der Waals surface area contributed by atoms with Crippen molar-refractivity contribution in [3.8, 4) is 0 Å². The fourth-order valence-electron chi connectivity index (χ4n) is 3.14. The minimum atomic E-state index is -2.85. The Hall–Kier alpha value is -1.36. The third-order valence-electron chi connectivity index (χ3n) is 4.35. The zero-order valence-electron chi connectivity index (χ0n) is 14.3. The summed E-state index contributed by atoms with van der Waals surface area (Å²) in [6.45, 7) is 6.09. The molecule has 0 bridgehead atoms. The van der Waals surface area contributed by atoms with Gasteiger partial charge in [0.05, 0.1) is 11.5 Å². The molecule has 1 amide bonds. The lowest BCUT2D eigenvalue weighted by Gasteiger charge is -2.27. The molecule has 0 aromatic heterocycles. The average molecular weight is 337 g/mol. The Kier molecular flexibility index (Phi) is 5.50. The number of carbonyl (C=O) groups excluding carboxylic acids is 1. The Morgan fingerprint density at radius 1 is 1.26 bits per heavy atom. The minimum Gasteiger partial charge on any atom is -0.351 e. The third kappa shape index (κ3) is 5.98. The van der Waals surface area contributed by atoms with Crippen LogP contribution in [0, 0.1) is 12.8 Å². The molecule has 0 aliphatic carbocycles. The molecule has 1 heterocycles. The maximum Gasteiger partial charge on any atom is 0.220 e.